The minimum Gasteiger partial charge on any atom is -0.496 e. The van der Waals surface area contributed by atoms with Crippen molar-refractivity contribution in [1.82, 2.24) is 9.80 Å². The SMILES string of the molecule is COc1cc(C)c(C)cc1C(=O)N1CCN(C(=O)C(C)(C)C)CC1. The van der Waals surface area contributed by atoms with E-state index < -0.39 is 0 Å². The van der Waals surface area contributed by atoms with E-state index in [1.54, 1.807) is 12.0 Å². The van der Waals surface area contributed by atoms with E-state index in [0.717, 1.165) is 11.1 Å². The fourth-order valence-corrected chi connectivity index (χ4v) is 2.88. The van der Waals surface area contributed by atoms with Gasteiger partial charge in [0.05, 0.1) is 12.7 Å². The van der Waals surface area contributed by atoms with Crippen LogP contribution >= 0.6 is 0 Å². The zero-order valence-corrected chi connectivity index (χ0v) is 15.6. The van der Waals surface area contributed by atoms with Gasteiger partial charge in [0.1, 0.15) is 5.75 Å². The molecule has 0 aromatic heterocycles. The van der Waals surface area contributed by atoms with Gasteiger partial charge >= 0.3 is 0 Å². The number of nitrogens with zero attached hydrogens (tertiary/aromatic N) is 2. The van der Waals surface area contributed by atoms with E-state index in [9.17, 15) is 9.59 Å². The predicted molar refractivity (Wildman–Crippen MR) is 94.4 cm³/mol. The number of hydrogen-bond donors (Lipinski definition) is 0. The summed E-state index contributed by atoms with van der Waals surface area (Å²) in [6.45, 7) is 12.0. The Hall–Kier alpha value is -2.04. The van der Waals surface area contributed by atoms with Crippen molar-refractivity contribution >= 4 is 11.8 Å². The van der Waals surface area contributed by atoms with Crippen molar-refractivity contribution in [3.63, 3.8) is 0 Å². The van der Waals surface area contributed by atoms with Crippen LogP contribution in [-0.4, -0.2) is 54.9 Å². The number of amides is 2. The summed E-state index contributed by atoms with van der Waals surface area (Å²) < 4.78 is 5.39. The molecule has 132 valence electrons. The van der Waals surface area contributed by atoms with Gasteiger partial charge in [-0.25, -0.2) is 0 Å². The zero-order chi connectivity index (χ0) is 18.1. The lowest BCUT2D eigenvalue weighted by molar-refractivity contribution is -0.140. The second kappa shape index (κ2) is 6.83. The third-order valence-electron chi connectivity index (χ3n) is 4.54. The normalized spacial score (nSPS) is 15.4. The van der Waals surface area contributed by atoms with Crippen LogP contribution in [0, 0.1) is 19.3 Å². The molecule has 0 bridgehead atoms. The van der Waals surface area contributed by atoms with Crippen LogP contribution in [0.1, 0.15) is 42.3 Å². The Bertz CT molecular complexity index is 639. The molecule has 1 fully saturated rings. The first-order valence-corrected chi connectivity index (χ1v) is 8.39. The molecule has 0 atom stereocenters. The first-order valence-electron chi connectivity index (χ1n) is 8.39. The number of ether oxygens (including phenoxy) is 1. The van der Waals surface area contributed by atoms with E-state index in [1.807, 2.05) is 51.7 Å². The summed E-state index contributed by atoms with van der Waals surface area (Å²) in [5.74, 6) is 0.715. The van der Waals surface area contributed by atoms with Gasteiger partial charge in [0.15, 0.2) is 0 Å². The molecule has 0 aliphatic carbocycles. The van der Waals surface area contributed by atoms with E-state index in [2.05, 4.69) is 0 Å². The fraction of sp³-hybridized carbons (Fsp3) is 0.579. The average molecular weight is 332 g/mol. The van der Waals surface area contributed by atoms with Gasteiger partial charge < -0.3 is 14.5 Å². The second-order valence-corrected chi connectivity index (χ2v) is 7.47. The van der Waals surface area contributed by atoms with Crippen molar-refractivity contribution in [3.8, 4) is 5.75 Å². The molecule has 2 rings (SSSR count). The van der Waals surface area contributed by atoms with E-state index >= 15 is 0 Å². The molecule has 1 aliphatic rings. The summed E-state index contributed by atoms with van der Waals surface area (Å²) in [6.07, 6.45) is 0. The van der Waals surface area contributed by atoms with E-state index in [1.165, 1.54) is 0 Å². The summed E-state index contributed by atoms with van der Waals surface area (Å²) in [4.78, 5) is 28.9. The maximum absolute atomic E-state index is 12.9. The molecule has 0 spiro atoms. The third kappa shape index (κ3) is 3.71. The van der Waals surface area contributed by atoms with Crippen LogP contribution in [0.15, 0.2) is 12.1 Å². The summed E-state index contributed by atoms with van der Waals surface area (Å²) in [7, 11) is 1.58. The number of carbonyl (C=O) groups is 2. The Kier molecular flexibility index (Phi) is 5.21. The van der Waals surface area contributed by atoms with Gasteiger partial charge in [-0.05, 0) is 37.1 Å². The van der Waals surface area contributed by atoms with Crippen molar-refractivity contribution in [2.45, 2.75) is 34.6 Å². The number of carbonyl (C=O) groups excluding carboxylic acids is 2. The standard InChI is InChI=1S/C19H28N2O3/c1-13-11-15(16(24-6)12-14(13)2)17(22)20-7-9-21(10-8-20)18(23)19(3,4)5/h11-12H,7-10H2,1-6H3. The van der Waals surface area contributed by atoms with Gasteiger partial charge in [0.2, 0.25) is 5.91 Å². The molecule has 1 aromatic rings. The van der Waals surface area contributed by atoms with E-state index in [-0.39, 0.29) is 17.2 Å². The summed E-state index contributed by atoms with van der Waals surface area (Å²) in [6, 6.07) is 3.80. The molecule has 5 nitrogen and oxygen atoms in total. The van der Waals surface area contributed by atoms with Gasteiger partial charge in [0.25, 0.3) is 5.91 Å². The third-order valence-corrected chi connectivity index (χ3v) is 4.54. The van der Waals surface area contributed by atoms with Crippen LogP contribution in [-0.2, 0) is 4.79 Å². The van der Waals surface area contributed by atoms with Gasteiger partial charge in [-0.3, -0.25) is 9.59 Å². The predicted octanol–water partition coefficient (Wildman–Crippen LogP) is 2.64. The molecule has 1 heterocycles. The van der Waals surface area contributed by atoms with Crippen LogP contribution in [0.5, 0.6) is 5.75 Å². The molecule has 24 heavy (non-hydrogen) atoms. The van der Waals surface area contributed by atoms with Crippen LogP contribution in [0.2, 0.25) is 0 Å². The molecular formula is C19H28N2O3. The Morgan fingerprint density at radius 3 is 1.96 bits per heavy atom. The highest BCUT2D eigenvalue weighted by molar-refractivity contribution is 5.97. The van der Waals surface area contributed by atoms with Gasteiger partial charge in [-0.2, -0.15) is 0 Å². The maximum atomic E-state index is 12.9. The van der Waals surface area contributed by atoms with Crippen LogP contribution < -0.4 is 4.74 Å². The first-order chi connectivity index (χ1) is 11.1. The fourth-order valence-electron chi connectivity index (χ4n) is 2.88. The summed E-state index contributed by atoms with van der Waals surface area (Å²) in [5.41, 5.74) is 2.38. The molecule has 0 saturated carbocycles. The Morgan fingerprint density at radius 2 is 1.46 bits per heavy atom. The summed E-state index contributed by atoms with van der Waals surface area (Å²) in [5, 5.41) is 0. The van der Waals surface area contributed by atoms with Crippen molar-refractivity contribution < 1.29 is 14.3 Å². The lowest BCUT2D eigenvalue weighted by atomic mass is 9.94. The van der Waals surface area contributed by atoms with Crippen molar-refractivity contribution in [1.29, 1.82) is 0 Å². The number of aryl methyl sites for hydroxylation is 2. The maximum Gasteiger partial charge on any atom is 0.257 e. The number of methoxy groups -OCH3 is 1. The molecule has 1 saturated heterocycles. The molecular weight excluding hydrogens is 304 g/mol. The van der Waals surface area contributed by atoms with Gasteiger partial charge in [0, 0.05) is 31.6 Å². The first kappa shape index (κ1) is 18.3. The van der Waals surface area contributed by atoms with E-state index in [0.29, 0.717) is 37.5 Å². The molecule has 5 heteroatoms. The molecule has 1 aromatic carbocycles. The minimum atomic E-state index is -0.385. The zero-order valence-electron chi connectivity index (χ0n) is 15.6. The lowest BCUT2D eigenvalue weighted by Gasteiger charge is -2.37. The molecule has 2 amide bonds. The molecule has 1 aliphatic heterocycles. The average Bonchev–Trinajstić information content (AvgIpc) is 2.55. The van der Waals surface area contributed by atoms with Gasteiger partial charge in [-0.1, -0.05) is 20.8 Å². The minimum absolute atomic E-state index is 0.0298. The smallest absolute Gasteiger partial charge is 0.257 e. The van der Waals surface area contributed by atoms with Crippen molar-refractivity contribution in [2.24, 2.45) is 5.41 Å². The Morgan fingerprint density at radius 1 is 0.958 bits per heavy atom. The van der Waals surface area contributed by atoms with Crippen LogP contribution in [0.4, 0.5) is 0 Å². The Balaban J connectivity index is 2.11. The molecule has 0 radical (unpaired) electrons. The summed E-state index contributed by atoms with van der Waals surface area (Å²) >= 11 is 0. The monoisotopic (exact) mass is 332 g/mol. The Labute approximate surface area is 144 Å². The topological polar surface area (TPSA) is 49.9 Å². The van der Waals surface area contributed by atoms with Crippen LogP contribution in [0.3, 0.4) is 0 Å². The molecule has 0 unspecified atom stereocenters. The van der Waals surface area contributed by atoms with E-state index in [4.69, 9.17) is 4.74 Å². The van der Waals surface area contributed by atoms with Crippen molar-refractivity contribution in [2.75, 3.05) is 33.3 Å². The highest BCUT2D eigenvalue weighted by Gasteiger charge is 2.31. The number of piperazine rings is 1. The second-order valence-electron chi connectivity index (χ2n) is 7.47. The largest absolute Gasteiger partial charge is 0.496 e. The van der Waals surface area contributed by atoms with Crippen LogP contribution in [0.25, 0.3) is 0 Å². The number of hydrogen-bond acceptors (Lipinski definition) is 3. The van der Waals surface area contributed by atoms with Gasteiger partial charge in [-0.15, -0.1) is 0 Å². The quantitative estimate of drug-likeness (QED) is 0.836. The van der Waals surface area contributed by atoms with Crippen molar-refractivity contribution in [3.05, 3.63) is 28.8 Å². The number of rotatable bonds is 2. The lowest BCUT2D eigenvalue weighted by Crippen LogP contribution is -2.53. The highest BCUT2D eigenvalue weighted by atomic mass is 16.5. The molecule has 0 N–H and O–H groups in total. The number of benzene rings is 1. The highest BCUT2D eigenvalue weighted by Crippen LogP contribution is 2.25.